The van der Waals surface area contributed by atoms with Crippen molar-refractivity contribution in [3.05, 3.63) is 58.1 Å². The molecule has 0 aromatic heterocycles. The molecule has 0 amide bonds. The third-order valence-corrected chi connectivity index (χ3v) is 7.33. The van der Waals surface area contributed by atoms with Crippen LogP contribution in [-0.4, -0.2) is 66.4 Å². The van der Waals surface area contributed by atoms with Crippen LogP contribution in [0.5, 0.6) is 11.5 Å². The van der Waals surface area contributed by atoms with Gasteiger partial charge in [-0.05, 0) is 100 Å². The topological polar surface area (TPSA) is 45.2 Å². The van der Waals surface area contributed by atoms with Gasteiger partial charge in [-0.3, -0.25) is 9.80 Å². The van der Waals surface area contributed by atoms with Gasteiger partial charge < -0.3 is 14.6 Å². The molecular formula is C27H37ClN2O3. The molecule has 2 aromatic carbocycles. The summed E-state index contributed by atoms with van der Waals surface area (Å²) in [7, 11) is 0. The van der Waals surface area contributed by atoms with E-state index in [0.29, 0.717) is 6.54 Å². The smallest absolute Gasteiger partial charge is 0.120 e. The number of aryl methyl sites for hydroxylation is 2. The predicted molar refractivity (Wildman–Crippen MR) is 133 cm³/mol. The van der Waals surface area contributed by atoms with Crippen molar-refractivity contribution < 1.29 is 14.6 Å². The maximum absolute atomic E-state index is 11.2. The molecule has 2 fully saturated rings. The van der Waals surface area contributed by atoms with Crippen LogP contribution in [0.1, 0.15) is 42.4 Å². The first-order chi connectivity index (χ1) is 15.9. The van der Waals surface area contributed by atoms with E-state index in [2.05, 4.69) is 28.0 Å². The molecule has 180 valence electrons. The summed E-state index contributed by atoms with van der Waals surface area (Å²) in [4.78, 5) is 4.78. The van der Waals surface area contributed by atoms with Gasteiger partial charge in [0.15, 0.2) is 0 Å². The number of benzene rings is 2. The van der Waals surface area contributed by atoms with Crippen LogP contribution in [0.4, 0.5) is 0 Å². The van der Waals surface area contributed by atoms with E-state index < -0.39 is 5.60 Å². The van der Waals surface area contributed by atoms with E-state index in [1.165, 1.54) is 31.5 Å². The van der Waals surface area contributed by atoms with Gasteiger partial charge in [0.25, 0.3) is 0 Å². The molecule has 5 nitrogen and oxygen atoms in total. The van der Waals surface area contributed by atoms with Gasteiger partial charge in [-0.25, -0.2) is 0 Å². The van der Waals surface area contributed by atoms with Crippen molar-refractivity contribution >= 4 is 11.6 Å². The van der Waals surface area contributed by atoms with Gasteiger partial charge in [0, 0.05) is 24.7 Å². The number of hydrogen-bond acceptors (Lipinski definition) is 5. The lowest BCUT2D eigenvalue weighted by Gasteiger charge is -2.39. The molecule has 0 aliphatic carbocycles. The summed E-state index contributed by atoms with van der Waals surface area (Å²) in [5, 5.41) is 12.0. The quantitative estimate of drug-likeness (QED) is 0.566. The molecule has 2 aliphatic rings. The fourth-order valence-corrected chi connectivity index (χ4v) is 5.07. The molecule has 0 unspecified atom stereocenters. The summed E-state index contributed by atoms with van der Waals surface area (Å²) >= 11 is 6.27. The van der Waals surface area contributed by atoms with E-state index in [-0.39, 0.29) is 6.61 Å². The summed E-state index contributed by atoms with van der Waals surface area (Å²) in [5.74, 6) is 1.69. The van der Waals surface area contributed by atoms with E-state index in [1.807, 2.05) is 32.0 Å². The van der Waals surface area contributed by atoms with Crippen LogP contribution < -0.4 is 9.47 Å². The van der Waals surface area contributed by atoms with Crippen molar-refractivity contribution in [1.82, 2.24) is 9.80 Å². The molecule has 2 aliphatic heterocycles. The standard InChI is InChI=1S/C27H37ClN2O3/c1-21-15-25(16-22(2)26(21)28)33-20-27(31)9-6-12-30(19-27)18-23-7-5-8-24(17-23)32-14-13-29-10-3-4-11-29/h5,7-8,15-17,31H,3-4,6,9-14,18-20H2,1-2H3/t27-/m1/s1. The molecule has 2 heterocycles. The summed E-state index contributed by atoms with van der Waals surface area (Å²) in [6, 6.07) is 12.2. The Morgan fingerprint density at radius 3 is 2.42 bits per heavy atom. The Bertz CT molecular complexity index is 908. The minimum atomic E-state index is -0.858. The summed E-state index contributed by atoms with van der Waals surface area (Å²) < 4.78 is 12.0. The highest BCUT2D eigenvalue weighted by Crippen LogP contribution is 2.28. The average Bonchev–Trinajstić information content (AvgIpc) is 3.30. The molecule has 2 aromatic rings. The summed E-state index contributed by atoms with van der Waals surface area (Å²) in [5.41, 5.74) is 2.34. The molecular weight excluding hydrogens is 436 g/mol. The van der Waals surface area contributed by atoms with Crippen LogP contribution in [0, 0.1) is 13.8 Å². The third kappa shape index (κ3) is 6.86. The number of piperidine rings is 1. The van der Waals surface area contributed by atoms with Crippen LogP contribution in [0.2, 0.25) is 5.02 Å². The van der Waals surface area contributed by atoms with Gasteiger partial charge in [-0.2, -0.15) is 0 Å². The molecule has 0 spiro atoms. The number of β-amino-alcohol motifs (C(OH)–C–C–N with tert-alkyl or cyclic N) is 1. The lowest BCUT2D eigenvalue weighted by Crippen LogP contribution is -2.51. The van der Waals surface area contributed by atoms with Gasteiger partial charge in [0.05, 0.1) is 0 Å². The lowest BCUT2D eigenvalue weighted by atomic mass is 9.93. The molecule has 0 radical (unpaired) electrons. The van der Waals surface area contributed by atoms with Crippen LogP contribution in [0.15, 0.2) is 36.4 Å². The van der Waals surface area contributed by atoms with Crippen molar-refractivity contribution in [2.24, 2.45) is 0 Å². The number of ether oxygens (including phenoxy) is 2. The molecule has 2 saturated heterocycles. The SMILES string of the molecule is Cc1cc(OC[C@@]2(O)CCCN(Cc3cccc(OCCN4CCCC4)c3)C2)cc(C)c1Cl. The normalized spacial score (nSPS) is 21.9. The molecule has 1 N–H and O–H groups in total. The number of nitrogens with zero attached hydrogens (tertiary/aromatic N) is 2. The Balaban J connectivity index is 1.29. The number of rotatable bonds is 9. The zero-order valence-electron chi connectivity index (χ0n) is 20.0. The van der Waals surface area contributed by atoms with Crippen molar-refractivity contribution in [2.45, 2.75) is 51.7 Å². The number of aliphatic hydroxyl groups is 1. The lowest BCUT2D eigenvalue weighted by molar-refractivity contribution is -0.0621. The van der Waals surface area contributed by atoms with E-state index in [9.17, 15) is 5.11 Å². The third-order valence-electron chi connectivity index (χ3n) is 6.73. The summed E-state index contributed by atoms with van der Waals surface area (Å²) in [6.07, 6.45) is 4.31. The second kappa shape index (κ2) is 11.1. The highest BCUT2D eigenvalue weighted by Gasteiger charge is 2.34. The van der Waals surface area contributed by atoms with Gasteiger partial charge in [0.2, 0.25) is 0 Å². The van der Waals surface area contributed by atoms with E-state index in [1.54, 1.807) is 0 Å². The first-order valence-corrected chi connectivity index (χ1v) is 12.6. The number of likely N-dealkylation sites (tertiary alicyclic amines) is 2. The summed E-state index contributed by atoms with van der Waals surface area (Å²) in [6.45, 7) is 10.7. The van der Waals surface area contributed by atoms with Crippen LogP contribution in [0.3, 0.4) is 0 Å². The Morgan fingerprint density at radius 2 is 1.67 bits per heavy atom. The highest BCUT2D eigenvalue weighted by molar-refractivity contribution is 6.32. The van der Waals surface area contributed by atoms with Gasteiger partial charge in [-0.1, -0.05) is 23.7 Å². The Morgan fingerprint density at radius 1 is 0.939 bits per heavy atom. The van der Waals surface area contributed by atoms with Crippen LogP contribution in [-0.2, 0) is 6.54 Å². The number of halogens is 1. The van der Waals surface area contributed by atoms with E-state index in [0.717, 1.165) is 66.7 Å². The zero-order valence-corrected chi connectivity index (χ0v) is 20.7. The minimum Gasteiger partial charge on any atom is -0.492 e. The first kappa shape index (κ1) is 24.3. The average molecular weight is 473 g/mol. The van der Waals surface area contributed by atoms with Crippen molar-refractivity contribution in [1.29, 1.82) is 0 Å². The fraction of sp³-hybridized carbons (Fsp3) is 0.556. The van der Waals surface area contributed by atoms with Crippen molar-refractivity contribution in [2.75, 3.05) is 45.9 Å². The number of hydrogen-bond donors (Lipinski definition) is 1. The first-order valence-electron chi connectivity index (χ1n) is 12.2. The molecule has 33 heavy (non-hydrogen) atoms. The Hall–Kier alpha value is -1.79. The molecule has 1 atom stereocenters. The maximum atomic E-state index is 11.2. The van der Waals surface area contributed by atoms with Crippen molar-refractivity contribution in [3.63, 3.8) is 0 Å². The van der Waals surface area contributed by atoms with Crippen LogP contribution in [0.25, 0.3) is 0 Å². The molecule has 4 rings (SSSR count). The maximum Gasteiger partial charge on any atom is 0.120 e. The fourth-order valence-electron chi connectivity index (χ4n) is 4.96. The van der Waals surface area contributed by atoms with E-state index in [4.69, 9.17) is 21.1 Å². The second-order valence-corrected chi connectivity index (χ2v) is 10.1. The van der Waals surface area contributed by atoms with E-state index >= 15 is 0 Å². The van der Waals surface area contributed by atoms with Crippen LogP contribution >= 0.6 is 11.6 Å². The van der Waals surface area contributed by atoms with Gasteiger partial charge in [0.1, 0.15) is 30.3 Å². The monoisotopic (exact) mass is 472 g/mol. The Kier molecular flexibility index (Phi) is 8.18. The zero-order chi connectivity index (χ0) is 23.3. The predicted octanol–water partition coefficient (Wildman–Crippen LogP) is 4.84. The van der Waals surface area contributed by atoms with Gasteiger partial charge >= 0.3 is 0 Å². The molecule has 6 heteroatoms. The highest BCUT2D eigenvalue weighted by atomic mass is 35.5. The second-order valence-electron chi connectivity index (χ2n) is 9.74. The van der Waals surface area contributed by atoms with Crippen molar-refractivity contribution in [3.8, 4) is 11.5 Å². The minimum absolute atomic E-state index is 0.281. The van der Waals surface area contributed by atoms with Gasteiger partial charge in [-0.15, -0.1) is 0 Å². The largest absolute Gasteiger partial charge is 0.492 e. The Labute approximate surface area is 203 Å². The molecule has 0 saturated carbocycles. The molecule has 0 bridgehead atoms.